The van der Waals surface area contributed by atoms with Gasteiger partial charge in [-0.1, -0.05) is 30.3 Å². The van der Waals surface area contributed by atoms with Gasteiger partial charge in [0.25, 0.3) is 0 Å². The summed E-state index contributed by atoms with van der Waals surface area (Å²) in [4.78, 5) is 24.5. The minimum Gasteiger partial charge on any atom is -0.395 e. The molecule has 0 bridgehead atoms. The second-order valence-electron chi connectivity index (χ2n) is 4.05. The first kappa shape index (κ1) is 11.8. The lowest BCUT2D eigenvalue weighted by Crippen LogP contribution is -2.41. The standard InChI is InChI=1S/C12H13NO4/c14-7-12(9-4-2-1-3-5-9)6-10(16)13(8-15)11(12)17/h1-5,14-15H,6-8H2. The van der Waals surface area contributed by atoms with Gasteiger partial charge >= 0.3 is 0 Å². The van der Waals surface area contributed by atoms with Crippen molar-refractivity contribution < 1.29 is 19.8 Å². The number of hydrogen-bond acceptors (Lipinski definition) is 4. The van der Waals surface area contributed by atoms with E-state index in [1.807, 2.05) is 0 Å². The Balaban J connectivity index is 2.47. The van der Waals surface area contributed by atoms with Gasteiger partial charge in [0.1, 0.15) is 12.1 Å². The van der Waals surface area contributed by atoms with Crippen LogP contribution in [0.2, 0.25) is 0 Å². The van der Waals surface area contributed by atoms with E-state index >= 15 is 0 Å². The molecule has 2 rings (SSSR count). The lowest BCUT2D eigenvalue weighted by molar-refractivity contribution is -0.144. The van der Waals surface area contributed by atoms with Crippen molar-refractivity contribution in [3.63, 3.8) is 0 Å². The second-order valence-corrected chi connectivity index (χ2v) is 4.05. The van der Waals surface area contributed by atoms with E-state index in [4.69, 9.17) is 5.11 Å². The number of aliphatic hydroxyl groups is 2. The van der Waals surface area contributed by atoms with Gasteiger partial charge in [-0.3, -0.25) is 14.5 Å². The minimum atomic E-state index is -1.24. The first-order valence-corrected chi connectivity index (χ1v) is 5.28. The van der Waals surface area contributed by atoms with Crippen LogP contribution in [-0.4, -0.2) is 40.3 Å². The van der Waals surface area contributed by atoms with Crippen LogP contribution < -0.4 is 0 Å². The van der Waals surface area contributed by atoms with E-state index in [0.717, 1.165) is 4.90 Å². The number of carbonyl (C=O) groups is 2. The Labute approximate surface area is 98.3 Å². The molecule has 90 valence electrons. The molecule has 1 saturated heterocycles. The summed E-state index contributed by atoms with van der Waals surface area (Å²) in [7, 11) is 0. The van der Waals surface area contributed by atoms with Crippen molar-refractivity contribution in [1.29, 1.82) is 0 Å². The van der Waals surface area contributed by atoms with Crippen molar-refractivity contribution in [3.8, 4) is 0 Å². The topological polar surface area (TPSA) is 77.8 Å². The fraction of sp³-hybridized carbons (Fsp3) is 0.333. The third-order valence-electron chi connectivity index (χ3n) is 3.15. The molecule has 1 unspecified atom stereocenters. The molecule has 1 aliphatic rings. The molecule has 2 N–H and O–H groups in total. The van der Waals surface area contributed by atoms with E-state index in [1.54, 1.807) is 30.3 Å². The Hall–Kier alpha value is -1.72. The van der Waals surface area contributed by atoms with Crippen molar-refractivity contribution >= 4 is 11.8 Å². The third kappa shape index (κ3) is 1.64. The van der Waals surface area contributed by atoms with E-state index in [1.165, 1.54) is 0 Å². The van der Waals surface area contributed by atoms with Crippen LogP contribution in [0.3, 0.4) is 0 Å². The van der Waals surface area contributed by atoms with E-state index in [9.17, 15) is 14.7 Å². The molecule has 1 atom stereocenters. The number of rotatable bonds is 3. The van der Waals surface area contributed by atoms with Gasteiger partial charge in [0.2, 0.25) is 11.8 Å². The van der Waals surface area contributed by atoms with Gasteiger partial charge in [0.05, 0.1) is 6.61 Å². The summed E-state index contributed by atoms with van der Waals surface area (Å²) < 4.78 is 0. The number of likely N-dealkylation sites (tertiary alicyclic amines) is 1. The second kappa shape index (κ2) is 4.27. The zero-order chi connectivity index (χ0) is 12.5. The normalized spacial score (nSPS) is 24.5. The molecule has 1 fully saturated rings. The summed E-state index contributed by atoms with van der Waals surface area (Å²) in [6, 6.07) is 8.67. The summed E-state index contributed by atoms with van der Waals surface area (Å²) in [6.45, 7) is -1.09. The maximum absolute atomic E-state index is 12.1. The molecule has 2 amide bonds. The van der Waals surface area contributed by atoms with Crippen LogP contribution >= 0.6 is 0 Å². The predicted molar refractivity (Wildman–Crippen MR) is 58.8 cm³/mol. The highest BCUT2D eigenvalue weighted by Crippen LogP contribution is 2.35. The molecular formula is C12H13NO4. The summed E-state index contributed by atoms with van der Waals surface area (Å²) >= 11 is 0. The van der Waals surface area contributed by atoms with Crippen LogP contribution in [-0.2, 0) is 15.0 Å². The van der Waals surface area contributed by atoms with Crippen LogP contribution in [0.5, 0.6) is 0 Å². The summed E-state index contributed by atoms with van der Waals surface area (Å²) in [5.74, 6) is -1.01. The molecule has 0 saturated carbocycles. The van der Waals surface area contributed by atoms with Gasteiger partial charge in [0, 0.05) is 6.42 Å². The number of carbonyl (C=O) groups excluding carboxylic acids is 2. The highest BCUT2D eigenvalue weighted by Gasteiger charge is 2.52. The lowest BCUT2D eigenvalue weighted by Gasteiger charge is -2.24. The van der Waals surface area contributed by atoms with Crippen LogP contribution in [0.4, 0.5) is 0 Å². The molecule has 17 heavy (non-hydrogen) atoms. The molecule has 0 aliphatic carbocycles. The van der Waals surface area contributed by atoms with E-state index in [2.05, 4.69) is 0 Å². The molecule has 5 nitrogen and oxygen atoms in total. The third-order valence-corrected chi connectivity index (χ3v) is 3.15. The highest BCUT2D eigenvalue weighted by atomic mass is 16.3. The molecule has 1 heterocycles. The molecule has 0 spiro atoms. The number of imide groups is 1. The first-order chi connectivity index (χ1) is 8.15. The van der Waals surface area contributed by atoms with Crippen LogP contribution in [0.1, 0.15) is 12.0 Å². The van der Waals surface area contributed by atoms with Crippen molar-refractivity contribution in [3.05, 3.63) is 35.9 Å². The first-order valence-electron chi connectivity index (χ1n) is 5.28. The fourth-order valence-electron chi connectivity index (χ4n) is 2.14. The van der Waals surface area contributed by atoms with E-state index in [-0.39, 0.29) is 6.42 Å². The number of nitrogens with zero attached hydrogens (tertiary/aromatic N) is 1. The Morgan fingerprint density at radius 2 is 1.82 bits per heavy atom. The van der Waals surface area contributed by atoms with Crippen molar-refractivity contribution in [2.75, 3.05) is 13.3 Å². The SMILES string of the molecule is O=C1CC(CO)(c2ccccc2)C(=O)N1CO. The van der Waals surface area contributed by atoms with Crippen LogP contribution in [0.25, 0.3) is 0 Å². The van der Waals surface area contributed by atoms with Gasteiger partial charge in [-0.25, -0.2) is 0 Å². The number of hydrogen-bond donors (Lipinski definition) is 2. The predicted octanol–water partition coefficient (Wildman–Crippen LogP) is -0.375. The molecule has 0 radical (unpaired) electrons. The number of amides is 2. The lowest BCUT2D eigenvalue weighted by atomic mass is 9.80. The molecule has 1 aromatic rings. The zero-order valence-electron chi connectivity index (χ0n) is 9.17. The quantitative estimate of drug-likeness (QED) is 0.700. The molecular weight excluding hydrogens is 222 g/mol. The maximum atomic E-state index is 12.1. The highest BCUT2D eigenvalue weighted by molar-refractivity contribution is 6.09. The van der Waals surface area contributed by atoms with Crippen molar-refractivity contribution in [2.45, 2.75) is 11.8 Å². The summed E-state index contributed by atoms with van der Waals surface area (Å²) in [5.41, 5.74) is -0.641. The Morgan fingerprint density at radius 1 is 1.18 bits per heavy atom. The van der Waals surface area contributed by atoms with Crippen LogP contribution in [0.15, 0.2) is 30.3 Å². The Kier molecular flexibility index (Phi) is 2.95. The van der Waals surface area contributed by atoms with Gasteiger partial charge in [-0.15, -0.1) is 0 Å². The molecule has 5 heteroatoms. The zero-order valence-corrected chi connectivity index (χ0v) is 9.17. The van der Waals surface area contributed by atoms with Crippen molar-refractivity contribution in [2.24, 2.45) is 0 Å². The fourth-order valence-corrected chi connectivity index (χ4v) is 2.14. The minimum absolute atomic E-state index is 0.104. The van der Waals surface area contributed by atoms with E-state index in [0.29, 0.717) is 5.56 Å². The van der Waals surface area contributed by atoms with Gasteiger partial charge < -0.3 is 10.2 Å². The number of aliphatic hydroxyl groups excluding tert-OH is 2. The molecule has 0 aromatic heterocycles. The van der Waals surface area contributed by atoms with Gasteiger partial charge in [-0.05, 0) is 5.56 Å². The van der Waals surface area contributed by atoms with Crippen LogP contribution in [0, 0.1) is 0 Å². The summed E-state index contributed by atoms with van der Waals surface area (Å²) in [6.07, 6.45) is -0.104. The molecule has 1 aliphatic heterocycles. The smallest absolute Gasteiger partial charge is 0.244 e. The number of benzene rings is 1. The van der Waals surface area contributed by atoms with Gasteiger partial charge in [-0.2, -0.15) is 0 Å². The summed E-state index contributed by atoms with van der Waals surface area (Å²) in [5, 5.41) is 18.5. The maximum Gasteiger partial charge on any atom is 0.244 e. The average Bonchev–Trinajstić information content (AvgIpc) is 2.62. The van der Waals surface area contributed by atoms with Gasteiger partial charge in [0.15, 0.2) is 0 Å². The Bertz CT molecular complexity index is 445. The average molecular weight is 235 g/mol. The van der Waals surface area contributed by atoms with Crippen molar-refractivity contribution in [1.82, 2.24) is 4.90 Å². The monoisotopic (exact) mass is 235 g/mol. The molecule has 1 aromatic carbocycles. The largest absolute Gasteiger partial charge is 0.395 e. The van der Waals surface area contributed by atoms with E-state index < -0.39 is 30.6 Å². The Morgan fingerprint density at radius 3 is 2.29 bits per heavy atom.